The quantitative estimate of drug-likeness (QED) is 0.849. The molecule has 0 spiro atoms. The number of aromatic nitrogens is 1. The van der Waals surface area contributed by atoms with Gasteiger partial charge < -0.3 is 10.4 Å². The summed E-state index contributed by atoms with van der Waals surface area (Å²) < 4.78 is 25.0. The normalized spacial score (nSPS) is 18.4. The maximum absolute atomic E-state index is 11.9. The Hall–Kier alpha value is -1.18. The fourth-order valence-corrected chi connectivity index (χ4v) is 3.31. The lowest BCUT2D eigenvalue weighted by Crippen LogP contribution is -2.39. The van der Waals surface area contributed by atoms with Crippen LogP contribution in [0, 0.1) is 0 Å². The molecule has 0 aromatic carbocycles. The topological polar surface area (TPSA) is 82.5 Å². The summed E-state index contributed by atoms with van der Waals surface area (Å²) in [5.74, 6) is 0.596. The van der Waals surface area contributed by atoms with Gasteiger partial charge in [0, 0.05) is 20.3 Å². The van der Waals surface area contributed by atoms with Crippen molar-refractivity contribution in [2.24, 2.45) is 0 Å². The van der Waals surface area contributed by atoms with Crippen molar-refractivity contribution in [2.45, 2.75) is 36.1 Å². The minimum Gasteiger partial charge on any atom is -0.394 e. The molecule has 20 heavy (non-hydrogen) atoms. The highest BCUT2D eigenvalue weighted by Crippen LogP contribution is 2.32. The van der Waals surface area contributed by atoms with Crippen LogP contribution in [0.25, 0.3) is 0 Å². The van der Waals surface area contributed by atoms with Crippen molar-refractivity contribution in [3.63, 3.8) is 0 Å². The molecule has 0 amide bonds. The van der Waals surface area contributed by atoms with E-state index < -0.39 is 10.0 Å². The second kappa shape index (κ2) is 5.67. The van der Waals surface area contributed by atoms with Crippen LogP contribution in [0.3, 0.4) is 0 Å². The molecule has 2 rings (SSSR count). The predicted molar refractivity (Wildman–Crippen MR) is 77.0 cm³/mol. The van der Waals surface area contributed by atoms with Crippen LogP contribution >= 0.6 is 0 Å². The van der Waals surface area contributed by atoms with Crippen molar-refractivity contribution in [1.82, 2.24) is 9.29 Å². The maximum atomic E-state index is 11.9. The van der Waals surface area contributed by atoms with E-state index in [1.165, 1.54) is 26.4 Å². The first kappa shape index (κ1) is 15.2. The van der Waals surface area contributed by atoms with Crippen molar-refractivity contribution in [3.8, 4) is 0 Å². The number of sulfonamides is 1. The smallest absolute Gasteiger partial charge is 0.244 e. The fraction of sp³-hybridized carbons (Fsp3) is 0.615. The molecule has 0 unspecified atom stereocenters. The minimum atomic E-state index is -3.45. The Morgan fingerprint density at radius 3 is 2.45 bits per heavy atom. The molecule has 0 bridgehead atoms. The molecular formula is C13H21N3O3S. The van der Waals surface area contributed by atoms with Gasteiger partial charge in [-0.25, -0.2) is 17.7 Å². The van der Waals surface area contributed by atoms with Crippen LogP contribution in [0.15, 0.2) is 23.2 Å². The van der Waals surface area contributed by atoms with E-state index in [-0.39, 0.29) is 17.0 Å². The molecule has 1 aromatic rings. The van der Waals surface area contributed by atoms with Gasteiger partial charge in [-0.2, -0.15) is 0 Å². The number of rotatable bonds is 5. The zero-order chi connectivity index (χ0) is 14.8. The molecular weight excluding hydrogens is 278 g/mol. The van der Waals surface area contributed by atoms with Crippen molar-refractivity contribution >= 4 is 15.8 Å². The molecule has 1 heterocycles. The number of anilines is 1. The lowest BCUT2D eigenvalue weighted by atomic mass is 9.99. The Labute approximate surface area is 119 Å². The molecule has 1 aliphatic carbocycles. The molecule has 1 aliphatic rings. The number of hydrogen-bond donors (Lipinski definition) is 2. The SMILES string of the molecule is CN(C)S(=O)(=O)c1ccc(NC2(CO)CCCC2)nc1. The third-order valence-corrected chi connectivity index (χ3v) is 5.57. The number of pyridine rings is 1. The average Bonchev–Trinajstić information content (AvgIpc) is 2.88. The molecule has 0 radical (unpaired) electrons. The van der Waals surface area contributed by atoms with E-state index in [1.54, 1.807) is 6.07 Å². The summed E-state index contributed by atoms with van der Waals surface area (Å²) in [6.07, 6.45) is 5.32. The van der Waals surface area contributed by atoms with Crippen LogP contribution in [-0.4, -0.2) is 49.1 Å². The summed E-state index contributed by atoms with van der Waals surface area (Å²) >= 11 is 0. The van der Waals surface area contributed by atoms with Gasteiger partial charge in [-0.15, -0.1) is 0 Å². The first-order valence-electron chi connectivity index (χ1n) is 6.67. The van der Waals surface area contributed by atoms with Gasteiger partial charge >= 0.3 is 0 Å². The van der Waals surface area contributed by atoms with Crippen LogP contribution in [-0.2, 0) is 10.0 Å². The Morgan fingerprint density at radius 1 is 1.35 bits per heavy atom. The van der Waals surface area contributed by atoms with E-state index in [4.69, 9.17) is 0 Å². The number of aliphatic hydroxyl groups excluding tert-OH is 1. The predicted octanol–water partition coefficient (Wildman–Crippen LogP) is 1.05. The summed E-state index contributed by atoms with van der Waals surface area (Å²) in [5, 5.41) is 12.8. The van der Waals surface area contributed by atoms with Crippen LogP contribution in [0.4, 0.5) is 5.82 Å². The lowest BCUT2D eigenvalue weighted by Gasteiger charge is -2.28. The van der Waals surface area contributed by atoms with Gasteiger partial charge in [-0.3, -0.25) is 0 Å². The molecule has 112 valence electrons. The first-order chi connectivity index (χ1) is 9.39. The summed E-state index contributed by atoms with van der Waals surface area (Å²) in [6.45, 7) is 0.0619. The number of aliphatic hydroxyl groups is 1. The molecule has 0 saturated heterocycles. The number of nitrogens with zero attached hydrogens (tertiary/aromatic N) is 2. The average molecular weight is 299 g/mol. The van der Waals surface area contributed by atoms with E-state index in [1.807, 2.05) is 0 Å². The summed E-state index contributed by atoms with van der Waals surface area (Å²) in [6, 6.07) is 3.18. The van der Waals surface area contributed by atoms with Gasteiger partial charge in [0.1, 0.15) is 10.7 Å². The summed E-state index contributed by atoms with van der Waals surface area (Å²) in [7, 11) is -0.474. The van der Waals surface area contributed by atoms with Gasteiger partial charge in [0.2, 0.25) is 10.0 Å². The Bertz CT molecular complexity index is 549. The highest BCUT2D eigenvalue weighted by Gasteiger charge is 2.33. The third-order valence-electron chi connectivity index (χ3n) is 3.77. The second-order valence-corrected chi connectivity index (χ2v) is 7.59. The van der Waals surface area contributed by atoms with E-state index in [2.05, 4.69) is 10.3 Å². The largest absolute Gasteiger partial charge is 0.394 e. The highest BCUT2D eigenvalue weighted by molar-refractivity contribution is 7.89. The van der Waals surface area contributed by atoms with E-state index >= 15 is 0 Å². The molecule has 2 N–H and O–H groups in total. The molecule has 7 heteroatoms. The molecule has 0 atom stereocenters. The lowest BCUT2D eigenvalue weighted by molar-refractivity contribution is 0.214. The van der Waals surface area contributed by atoms with Crippen LogP contribution in [0.1, 0.15) is 25.7 Å². The minimum absolute atomic E-state index is 0.0619. The summed E-state index contributed by atoms with van der Waals surface area (Å²) in [4.78, 5) is 4.32. The number of nitrogens with one attached hydrogen (secondary N) is 1. The Kier molecular flexibility index (Phi) is 4.31. The van der Waals surface area contributed by atoms with Crippen molar-refractivity contribution < 1.29 is 13.5 Å². The zero-order valence-corrected chi connectivity index (χ0v) is 12.7. The molecule has 0 aliphatic heterocycles. The molecule has 1 fully saturated rings. The van der Waals surface area contributed by atoms with E-state index in [9.17, 15) is 13.5 Å². The monoisotopic (exact) mass is 299 g/mol. The fourth-order valence-electron chi connectivity index (χ4n) is 2.46. The molecule has 6 nitrogen and oxygen atoms in total. The van der Waals surface area contributed by atoms with Crippen LogP contribution in [0.5, 0.6) is 0 Å². The maximum Gasteiger partial charge on any atom is 0.244 e. The zero-order valence-electron chi connectivity index (χ0n) is 11.8. The second-order valence-electron chi connectivity index (χ2n) is 5.44. The number of hydrogen-bond acceptors (Lipinski definition) is 5. The first-order valence-corrected chi connectivity index (χ1v) is 8.11. The standard InChI is InChI=1S/C13H21N3O3S/c1-16(2)20(18,19)11-5-6-12(14-9-11)15-13(10-17)7-3-4-8-13/h5-6,9,17H,3-4,7-8,10H2,1-2H3,(H,14,15). The molecule has 1 saturated carbocycles. The van der Waals surface area contributed by atoms with Crippen molar-refractivity contribution in [3.05, 3.63) is 18.3 Å². The third kappa shape index (κ3) is 2.94. The summed E-state index contributed by atoms with van der Waals surface area (Å²) in [5.41, 5.74) is -0.311. The van der Waals surface area contributed by atoms with Gasteiger partial charge in [0.05, 0.1) is 12.1 Å². The van der Waals surface area contributed by atoms with E-state index in [0.29, 0.717) is 5.82 Å². The van der Waals surface area contributed by atoms with Crippen LogP contribution in [0.2, 0.25) is 0 Å². The van der Waals surface area contributed by atoms with Crippen LogP contribution < -0.4 is 5.32 Å². The van der Waals surface area contributed by atoms with E-state index in [0.717, 1.165) is 30.0 Å². The Morgan fingerprint density at radius 2 is 2.00 bits per heavy atom. The van der Waals surface area contributed by atoms with Gasteiger partial charge in [0.25, 0.3) is 0 Å². The van der Waals surface area contributed by atoms with Gasteiger partial charge in [-0.05, 0) is 25.0 Å². The van der Waals surface area contributed by atoms with Crippen molar-refractivity contribution in [1.29, 1.82) is 0 Å². The Balaban J connectivity index is 2.17. The van der Waals surface area contributed by atoms with Gasteiger partial charge in [0.15, 0.2) is 0 Å². The highest BCUT2D eigenvalue weighted by atomic mass is 32.2. The van der Waals surface area contributed by atoms with Gasteiger partial charge in [-0.1, -0.05) is 12.8 Å². The van der Waals surface area contributed by atoms with Crippen molar-refractivity contribution in [2.75, 3.05) is 26.0 Å². The molecule has 1 aromatic heterocycles.